The van der Waals surface area contributed by atoms with Gasteiger partial charge in [-0.3, -0.25) is 0 Å². The van der Waals surface area contributed by atoms with E-state index in [2.05, 4.69) is 5.92 Å². The van der Waals surface area contributed by atoms with E-state index in [0.717, 1.165) is 0 Å². The Labute approximate surface area is 50.3 Å². The van der Waals surface area contributed by atoms with Crippen molar-refractivity contribution < 1.29 is 0 Å². The molecule has 0 saturated heterocycles. The van der Waals surface area contributed by atoms with Gasteiger partial charge in [-0.05, 0) is 13.8 Å². The van der Waals surface area contributed by atoms with E-state index in [0.29, 0.717) is 6.42 Å². The van der Waals surface area contributed by atoms with Crippen molar-refractivity contribution in [2.75, 3.05) is 0 Å². The first-order chi connectivity index (χ1) is 3.62. The van der Waals surface area contributed by atoms with Crippen LogP contribution in [-0.2, 0) is 0 Å². The van der Waals surface area contributed by atoms with Crippen LogP contribution in [0.15, 0.2) is 0 Å². The SMILES string of the molecule is C#CC(C)(C)CC#N. The van der Waals surface area contributed by atoms with Gasteiger partial charge in [-0.15, -0.1) is 6.42 Å². The van der Waals surface area contributed by atoms with Gasteiger partial charge in [0.2, 0.25) is 0 Å². The number of hydrogen-bond donors (Lipinski definition) is 0. The highest BCUT2D eigenvalue weighted by Crippen LogP contribution is 2.16. The molecule has 8 heavy (non-hydrogen) atoms. The second-order valence-electron chi connectivity index (χ2n) is 2.36. The first-order valence-corrected chi connectivity index (χ1v) is 2.47. The molecule has 0 atom stereocenters. The van der Waals surface area contributed by atoms with Crippen LogP contribution in [0.5, 0.6) is 0 Å². The van der Waals surface area contributed by atoms with Crippen molar-refractivity contribution >= 4 is 0 Å². The van der Waals surface area contributed by atoms with Gasteiger partial charge in [0.05, 0.1) is 12.5 Å². The molecule has 0 heterocycles. The lowest BCUT2D eigenvalue weighted by atomic mass is 9.92. The summed E-state index contributed by atoms with van der Waals surface area (Å²) in [6, 6.07) is 2.02. The lowest BCUT2D eigenvalue weighted by Gasteiger charge is -2.09. The molecule has 0 radical (unpaired) electrons. The van der Waals surface area contributed by atoms with E-state index < -0.39 is 0 Å². The second-order valence-corrected chi connectivity index (χ2v) is 2.36. The first-order valence-electron chi connectivity index (χ1n) is 2.47. The van der Waals surface area contributed by atoms with Gasteiger partial charge in [0.25, 0.3) is 0 Å². The lowest BCUT2D eigenvalue weighted by Crippen LogP contribution is -2.04. The highest BCUT2D eigenvalue weighted by atomic mass is 14.3. The third kappa shape index (κ3) is 2.26. The Balaban J connectivity index is 3.82. The summed E-state index contributed by atoms with van der Waals surface area (Å²) in [6.07, 6.45) is 5.53. The normalized spacial score (nSPS) is 9.50. The fourth-order valence-corrected chi connectivity index (χ4v) is 0.249. The van der Waals surface area contributed by atoms with Gasteiger partial charge in [0, 0.05) is 5.41 Å². The Morgan fingerprint density at radius 1 is 1.62 bits per heavy atom. The summed E-state index contributed by atoms with van der Waals surface area (Å²) in [5.41, 5.74) is -0.241. The molecule has 0 fully saturated rings. The summed E-state index contributed by atoms with van der Waals surface area (Å²) in [5, 5.41) is 8.19. The highest BCUT2D eigenvalue weighted by molar-refractivity contribution is 5.04. The van der Waals surface area contributed by atoms with E-state index in [9.17, 15) is 0 Å². The van der Waals surface area contributed by atoms with Gasteiger partial charge in [-0.25, -0.2) is 0 Å². The fraction of sp³-hybridized carbons (Fsp3) is 0.571. The molecule has 0 aliphatic rings. The maximum absolute atomic E-state index is 8.19. The van der Waals surface area contributed by atoms with Crippen LogP contribution in [0.4, 0.5) is 0 Å². The van der Waals surface area contributed by atoms with Gasteiger partial charge >= 0.3 is 0 Å². The Bertz CT molecular complexity index is 143. The van der Waals surface area contributed by atoms with Crippen molar-refractivity contribution in [2.24, 2.45) is 5.41 Å². The van der Waals surface area contributed by atoms with Crippen LogP contribution in [0.1, 0.15) is 20.3 Å². The van der Waals surface area contributed by atoms with Gasteiger partial charge in [0.1, 0.15) is 0 Å². The van der Waals surface area contributed by atoms with E-state index >= 15 is 0 Å². The van der Waals surface area contributed by atoms with Crippen LogP contribution in [-0.4, -0.2) is 0 Å². The van der Waals surface area contributed by atoms with Crippen molar-refractivity contribution in [1.29, 1.82) is 5.26 Å². The Hall–Kier alpha value is -0.950. The number of hydrogen-bond acceptors (Lipinski definition) is 1. The van der Waals surface area contributed by atoms with Crippen LogP contribution < -0.4 is 0 Å². The van der Waals surface area contributed by atoms with Gasteiger partial charge < -0.3 is 0 Å². The highest BCUT2D eigenvalue weighted by Gasteiger charge is 2.11. The molecule has 0 aromatic carbocycles. The van der Waals surface area contributed by atoms with Crippen LogP contribution in [0.3, 0.4) is 0 Å². The Morgan fingerprint density at radius 3 is 2.25 bits per heavy atom. The topological polar surface area (TPSA) is 23.8 Å². The maximum Gasteiger partial charge on any atom is 0.0637 e. The minimum Gasteiger partial charge on any atom is -0.198 e. The van der Waals surface area contributed by atoms with Gasteiger partial charge in [-0.2, -0.15) is 5.26 Å². The van der Waals surface area contributed by atoms with E-state index in [1.165, 1.54) is 0 Å². The minimum atomic E-state index is -0.241. The number of rotatable bonds is 1. The molecule has 1 heteroatoms. The average Bonchev–Trinajstić information content (AvgIpc) is 1.67. The fourth-order valence-electron chi connectivity index (χ4n) is 0.249. The number of nitriles is 1. The zero-order chi connectivity index (χ0) is 6.62. The first kappa shape index (κ1) is 7.05. The third-order valence-electron chi connectivity index (χ3n) is 0.912. The number of terminal acetylenes is 1. The smallest absolute Gasteiger partial charge is 0.0637 e. The molecule has 0 unspecified atom stereocenters. The summed E-state index contributed by atoms with van der Waals surface area (Å²) in [7, 11) is 0. The molecular weight excluding hydrogens is 98.1 g/mol. The summed E-state index contributed by atoms with van der Waals surface area (Å²) in [4.78, 5) is 0. The predicted octanol–water partition coefficient (Wildman–Crippen LogP) is 1.56. The standard InChI is InChI=1S/C7H9N/c1-4-7(2,3)5-6-8/h1H,5H2,2-3H3. The van der Waals surface area contributed by atoms with Crippen LogP contribution >= 0.6 is 0 Å². The summed E-state index contributed by atoms with van der Waals surface area (Å²) >= 11 is 0. The third-order valence-corrected chi connectivity index (χ3v) is 0.912. The molecule has 0 aromatic heterocycles. The molecule has 0 aromatic rings. The monoisotopic (exact) mass is 107 g/mol. The van der Waals surface area contributed by atoms with Crippen molar-refractivity contribution in [3.05, 3.63) is 0 Å². The molecule has 0 aliphatic carbocycles. The van der Waals surface area contributed by atoms with Crippen molar-refractivity contribution in [1.82, 2.24) is 0 Å². The van der Waals surface area contributed by atoms with E-state index in [-0.39, 0.29) is 5.41 Å². The molecule has 42 valence electrons. The largest absolute Gasteiger partial charge is 0.198 e. The molecule has 0 spiro atoms. The summed E-state index contributed by atoms with van der Waals surface area (Å²) < 4.78 is 0. The number of nitrogens with zero attached hydrogens (tertiary/aromatic N) is 1. The molecule has 0 saturated carbocycles. The molecule has 0 amide bonds. The minimum absolute atomic E-state index is 0.241. The second kappa shape index (κ2) is 2.38. The molecule has 0 bridgehead atoms. The van der Waals surface area contributed by atoms with Gasteiger partial charge in [0.15, 0.2) is 0 Å². The molecule has 0 N–H and O–H groups in total. The van der Waals surface area contributed by atoms with E-state index in [1.807, 2.05) is 19.9 Å². The van der Waals surface area contributed by atoms with Crippen LogP contribution in [0.25, 0.3) is 0 Å². The van der Waals surface area contributed by atoms with Crippen molar-refractivity contribution in [2.45, 2.75) is 20.3 Å². The quantitative estimate of drug-likeness (QED) is 0.466. The average molecular weight is 107 g/mol. The van der Waals surface area contributed by atoms with Crippen molar-refractivity contribution in [3.63, 3.8) is 0 Å². The van der Waals surface area contributed by atoms with E-state index in [1.54, 1.807) is 0 Å². The zero-order valence-corrected chi connectivity index (χ0v) is 5.23. The molecule has 1 nitrogen and oxygen atoms in total. The summed E-state index contributed by atoms with van der Waals surface area (Å²) in [5.74, 6) is 2.52. The van der Waals surface area contributed by atoms with Crippen LogP contribution in [0, 0.1) is 29.1 Å². The molecule has 0 aliphatic heterocycles. The summed E-state index contributed by atoms with van der Waals surface area (Å²) in [6.45, 7) is 3.74. The van der Waals surface area contributed by atoms with Crippen molar-refractivity contribution in [3.8, 4) is 18.4 Å². The lowest BCUT2D eigenvalue weighted by molar-refractivity contribution is 0.519. The molecule has 0 rings (SSSR count). The van der Waals surface area contributed by atoms with Crippen LogP contribution in [0.2, 0.25) is 0 Å². The zero-order valence-electron chi connectivity index (χ0n) is 5.23. The van der Waals surface area contributed by atoms with E-state index in [4.69, 9.17) is 11.7 Å². The Kier molecular flexibility index (Phi) is 2.10. The maximum atomic E-state index is 8.19. The van der Waals surface area contributed by atoms with Gasteiger partial charge in [-0.1, -0.05) is 5.92 Å². The molecular formula is C7H9N. The predicted molar refractivity (Wildman–Crippen MR) is 32.8 cm³/mol. The Morgan fingerprint density at radius 2 is 2.12 bits per heavy atom.